The van der Waals surface area contributed by atoms with Crippen LogP contribution >= 0.6 is 22.9 Å². The van der Waals surface area contributed by atoms with Crippen LogP contribution in [0.3, 0.4) is 0 Å². The maximum Gasteiger partial charge on any atom is 0.338 e. The Labute approximate surface area is 298 Å². The van der Waals surface area contributed by atoms with Gasteiger partial charge in [0.15, 0.2) is 27.8 Å². The number of ether oxygens (including phenoxy) is 5. The second kappa shape index (κ2) is 15.5. The zero-order valence-electron chi connectivity index (χ0n) is 28.0. The first-order valence-electron chi connectivity index (χ1n) is 16.0. The minimum Gasteiger partial charge on any atom is -0.493 e. The molecule has 256 valence electrons. The summed E-state index contributed by atoms with van der Waals surface area (Å²) in [7, 11) is 3.08. The van der Waals surface area contributed by atoms with Gasteiger partial charge in [0.05, 0.1) is 49.3 Å². The summed E-state index contributed by atoms with van der Waals surface area (Å²) in [6.07, 6.45) is 1.78. The summed E-state index contributed by atoms with van der Waals surface area (Å²) in [5.41, 5.74) is 3.26. The lowest BCUT2D eigenvalue weighted by atomic mass is 9.93. The molecule has 50 heavy (non-hydrogen) atoms. The Kier molecular flexibility index (Phi) is 10.7. The van der Waals surface area contributed by atoms with E-state index in [-0.39, 0.29) is 24.3 Å². The van der Waals surface area contributed by atoms with Crippen molar-refractivity contribution < 1.29 is 28.5 Å². The first-order valence-corrected chi connectivity index (χ1v) is 17.2. The fourth-order valence-corrected chi connectivity index (χ4v) is 6.89. The van der Waals surface area contributed by atoms with E-state index in [1.165, 1.54) is 18.4 Å². The van der Waals surface area contributed by atoms with Crippen molar-refractivity contribution in [1.82, 2.24) is 4.57 Å². The van der Waals surface area contributed by atoms with Crippen LogP contribution in [0.5, 0.6) is 23.0 Å². The van der Waals surface area contributed by atoms with E-state index in [0.717, 1.165) is 11.1 Å². The van der Waals surface area contributed by atoms with Crippen LogP contribution in [-0.4, -0.2) is 38.0 Å². The number of esters is 1. The average molecular weight is 711 g/mol. The smallest absolute Gasteiger partial charge is 0.338 e. The van der Waals surface area contributed by atoms with Crippen LogP contribution in [0.25, 0.3) is 11.8 Å². The SMILES string of the molecule is CCOC(=O)C1=C(c2ccccc2)N=c2s/c(=C\c3ccc(OCc4ccccc4Cl)c(OCC)c3)c(=O)n2[C@@H]1c1ccc(OC)c(OC)c1. The van der Waals surface area contributed by atoms with Crippen molar-refractivity contribution in [3.63, 3.8) is 0 Å². The number of methoxy groups -OCH3 is 2. The van der Waals surface area contributed by atoms with Gasteiger partial charge in [-0.1, -0.05) is 83.6 Å². The van der Waals surface area contributed by atoms with E-state index in [4.69, 9.17) is 40.3 Å². The highest BCUT2D eigenvalue weighted by Crippen LogP contribution is 2.38. The lowest BCUT2D eigenvalue weighted by Gasteiger charge is -2.26. The molecule has 0 bridgehead atoms. The van der Waals surface area contributed by atoms with Gasteiger partial charge in [0, 0.05) is 16.1 Å². The first-order chi connectivity index (χ1) is 24.4. The third-order valence-corrected chi connectivity index (χ3v) is 9.36. The number of hydrogen-bond donors (Lipinski definition) is 0. The predicted octanol–water partition coefficient (Wildman–Crippen LogP) is 6.58. The maximum absolute atomic E-state index is 14.4. The normalized spacial score (nSPS) is 14.1. The highest BCUT2D eigenvalue weighted by molar-refractivity contribution is 7.07. The van der Waals surface area contributed by atoms with Gasteiger partial charge in [-0.05, 0) is 61.4 Å². The van der Waals surface area contributed by atoms with Gasteiger partial charge in [0.1, 0.15) is 6.61 Å². The van der Waals surface area contributed by atoms with Gasteiger partial charge in [0.2, 0.25) is 0 Å². The van der Waals surface area contributed by atoms with Crippen molar-refractivity contribution in [2.24, 2.45) is 4.99 Å². The summed E-state index contributed by atoms with van der Waals surface area (Å²) in [4.78, 5) is 33.6. The zero-order chi connectivity index (χ0) is 35.2. The van der Waals surface area contributed by atoms with Gasteiger partial charge in [-0.3, -0.25) is 9.36 Å². The fourth-order valence-electron chi connectivity index (χ4n) is 5.70. The maximum atomic E-state index is 14.4. The Bertz CT molecular complexity index is 2240. The molecule has 0 spiro atoms. The van der Waals surface area contributed by atoms with Gasteiger partial charge >= 0.3 is 5.97 Å². The molecule has 1 aromatic heterocycles. The molecule has 4 aromatic carbocycles. The van der Waals surface area contributed by atoms with Crippen LogP contribution < -0.4 is 33.8 Å². The number of carbonyl (C=O) groups is 1. The lowest BCUT2D eigenvalue weighted by molar-refractivity contribution is -0.138. The molecule has 6 rings (SSSR count). The molecule has 0 saturated heterocycles. The van der Waals surface area contributed by atoms with Gasteiger partial charge in [-0.15, -0.1) is 0 Å². The molecule has 0 saturated carbocycles. The van der Waals surface area contributed by atoms with E-state index in [1.54, 1.807) is 36.8 Å². The van der Waals surface area contributed by atoms with Crippen LogP contribution in [0.2, 0.25) is 5.02 Å². The molecule has 0 amide bonds. The Morgan fingerprint density at radius 3 is 2.32 bits per heavy atom. The first kappa shape index (κ1) is 34.5. The molecule has 1 aliphatic heterocycles. The average Bonchev–Trinajstić information content (AvgIpc) is 3.45. The Hall–Kier alpha value is -5.32. The largest absolute Gasteiger partial charge is 0.493 e. The molecule has 5 aromatic rings. The third-order valence-electron chi connectivity index (χ3n) is 8.00. The number of fused-ring (bicyclic) bond motifs is 1. The van der Waals surface area contributed by atoms with Crippen LogP contribution in [0.15, 0.2) is 106 Å². The van der Waals surface area contributed by atoms with Crippen molar-refractivity contribution in [1.29, 1.82) is 0 Å². The van der Waals surface area contributed by atoms with Crippen LogP contribution in [0, 0.1) is 0 Å². The zero-order valence-corrected chi connectivity index (χ0v) is 29.5. The fraction of sp³-hybridized carbons (Fsp3) is 0.205. The number of nitrogens with zero attached hydrogens (tertiary/aromatic N) is 2. The minimum atomic E-state index is -0.873. The summed E-state index contributed by atoms with van der Waals surface area (Å²) in [5.74, 6) is 1.47. The highest BCUT2D eigenvalue weighted by Gasteiger charge is 2.35. The summed E-state index contributed by atoms with van der Waals surface area (Å²) in [6, 6.07) is 26.8. The van der Waals surface area contributed by atoms with Crippen LogP contribution in [0.4, 0.5) is 0 Å². The van der Waals surface area contributed by atoms with Crippen molar-refractivity contribution in [2.45, 2.75) is 26.5 Å². The number of benzene rings is 4. The van der Waals surface area contributed by atoms with Crippen molar-refractivity contribution in [3.8, 4) is 23.0 Å². The number of rotatable bonds is 12. The number of hydrogen-bond acceptors (Lipinski definition) is 9. The minimum absolute atomic E-state index is 0.147. The summed E-state index contributed by atoms with van der Waals surface area (Å²) in [5, 5.41) is 0.616. The van der Waals surface area contributed by atoms with Crippen molar-refractivity contribution in [2.75, 3.05) is 27.4 Å². The number of halogens is 1. The second-order valence-electron chi connectivity index (χ2n) is 11.1. The molecule has 0 unspecified atom stereocenters. The Balaban J connectivity index is 1.51. The second-order valence-corrected chi connectivity index (χ2v) is 12.5. The summed E-state index contributed by atoms with van der Waals surface area (Å²) >= 11 is 7.56. The van der Waals surface area contributed by atoms with Crippen LogP contribution in [0.1, 0.15) is 42.1 Å². The van der Waals surface area contributed by atoms with E-state index in [2.05, 4.69) is 0 Å². The molecule has 1 atom stereocenters. The van der Waals surface area contributed by atoms with E-state index >= 15 is 0 Å². The van der Waals surface area contributed by atoms with E-state index in [1.807, 2.05) is 85.8 Å². The Morgan fingerprint density at radius 1 is 0.860 bits per heavy atom. The molecule has 2 heterocycles. The molecular formula is C39H35ClN2O7S. The monoisotopic (exact) mass is 710 g/mol. The van der Waals surface area contributed by atoms with E-state index in [0.29, 0.717) is 60.8 Å². The molecular weight excluding hydrogens is 676 g/mol. The molecule has 9 nitrogen and oxygen atoms in total. The molecule has 0 N–H and O–H groups in total. The quantitative estimate of drug-likeness (QED) is 0.135. The van der Waals surface area contributed by atoms with Gasteiger partial charge in [-0.25, -0.2) is 9.79 Å². The third kappa shape index (κ3) is 7.03. The summed E-state index contributed by atoms with van der Waals surface area (Å²) in [6.45, 7) is 4.46. The van der Waals surface area contributed by atoms with Gasteiger partial charge < -0.3 is 23.7 Å². The molecule has 0 radical (unpaired) electrons. The molecule has 1 aliphatic rings. The van der Waals surface area contributed by atoms with Crippen molar-refractivity contribution in [3.05, 3.63) is 144 Å². The topological polar surface area (TPSA) is 97.6 Å². The van der Waals surface area contributed by atoms with Gasteiger partial charge in [0.25, 0.3) is 5.56 Å². The number of carbonyl (C=O) groups excluding carboxylic acids is 1. The summed E-state index contributed by atoms with van der Waals surface area (Å²) < 4.78 is 30.7. The highest BCUT2D eigenvalue weighted by atomic mass is 35.5. The molecule has 11 heteroatoms. The predicted molar refractivity (Wildman–Crippen MR) is 194 cm³/mol. The molecule has 0 aliphatic carbocycles. The number of aromatic nitrogens is 1. The number of thiazole rings is 1. The van der Waals surface area contributed by atoms with Crippen molar-refractivity contribution >= 4 is 40.7 Å². The lowest BCUT2D eigenvalue weighted by Crippen LogP contribution is -2.40. The Morgan fingerprint density at radius 2 is 1.60 bits per heavy atom. The standard InChI is InChI=1S/C39H35ClN2O7S/c1-5-47-32-20-24(16-18-30(32)49-23-27-14-10-11-15-28(27)40)21-33-37(43)42-36(26-17-19-29(45-3)31(22-26)46-4)34(38(44)48-6-2)35(41-39(42)50-33)25-12-8-7-9-13-25/h7-22,36H,5-6,23H2,1-4H3/b33-21-/t36-/m1/s1. The van der Waals surface area contributed by atoms with Gasteiger partial charge in [-0.2, -0.15) is 0 Å². The molecule has 0 fully saturated rings. The van der Waals surface area contributed by atoms with Crippen LogP contribution in [-0.2, 0) is 16.1 Å². The van der Waals surface area contributed by atoms with E-state index in [9.17, 15) is 9.59 Å². The van der Waals surface area contributed by atoms with E-state index < -0.39 is 12.0 Å².